The zero-order valence-electron chi connectivity index (χ0n) is 19.5. The SMILES string of the molecule is CC(C)(C)[C@H]1CCc2c(sc(N=Cc3cc4c(cc3Br)OCO4)c2C(=O)Nc2ccccc2)C1. The molecule has 0 saturated heterocycles. The number of rotatable bonds is 4. The Labute approximate surface area is 212 Å². The molecule has 1 amide bonds. The van der Waals surface area contributed by atoms with Crippen molar-refractivity contribution >= 4 is 50.1 Å². The highest BCUT2D eigenvalue weighted by molar-refractivity contribution is 9.10. The van der Waals surface area contributed by atoms with Gasteiger partial charge >= 0.3 is 0 Å². The van der Waals surface area contributed by atoms with E-state index in [-0.39, 0.29) is 18.1 Å². The van der Waals surface area contributed by atoms with E-state index in [9.17, 15) is 4.79 Å². The normalized spacial score (nSPS) is 17.1. The van der Waals surface area contributed by atoms with E-state index in [2.05, 4.69) is 42.0 Å². The molecule has 1 aliphatic heterocycles. The molecule has 2 aliphatic rings. The molecule has 1 aliphatic carbocycles. The maximum atomic E-state index is 13.5. The van der Waals surface area contributed by atoms with Crippen molar-refractivity contribution in [3.05, 3.63) is 68.5 Å². The van der Waals surface area contributed by atoms with Crippen molar-refractivity contribution in [1.29, 1.82) is 0 Å². The van der Waals surface area contributed by atoms with Crippen LogP contribution in [0.2, 0.25) is 0 Å². The van der Waals surface area contributed by atoms with E-state index in [1.165, 1.54) is 4.88 Å². The highest BCUT2D eigenvalue weighted by Gasteiger charge is 2.33. The summed E-state index contributed by atoms with van der Waals surface area (Å²) in [6.07, 6.45) is 4.76. The summed E-state index contributed by atoms with van der Waals surface area (Å²) in [5.74, 6) is 1.90. The molecule has 1 N–H and O–H groups in total. The molecular formula is C27H27BrN2O3S. The summed E-state index contributed by atoms with van der Waals surface area (Å²) in [4.78, 5) is 19.6. The van der Waals surface area contributed by atoms with Gasteiger partial charge in [-0.25, -0.2) is 4.99 Å². The van der Waals surface area contributed by atoms with Gasteiger partial charge in [-0.3, -0.25) is 4.79 Å². The summed E-state index contributed by atoms with van der Waals surface area (Å²) >= 11 is 5.24. The van der Waals surface area contributed by atoms with E-state index in [1.807, 2.05) is 42.5 Å². The Morgan fingerprint density at radius 3 is 2.65 bits per heavy atom. The fraction of sp³-hybridized carbons (Fsp3) is 0.333. The lowest BCUT2D eigenvalue weighted by molar-refractivity contribution is 0.102. The van der Waals surface area contributed by atoms with Crippen molar-refractivity contribution in [2.45, 2.75) is 40.0 Å². The lowest BCUT2D eigenvalue weighted by Gasteiger charge is -2.33. The monoisotopic (exact) mass is 538 g/mol. The predicted molar refractivity (Wildman–Crippen MR) is 141 cm³/mol. The number of ether oxygens (including phenoxy) is 2. The maximum absolute atomic E-state index is 13.5. The number of carbonyl (C=O) groups is 1. The molecule has 5 rings (SSSR count). The number of halogens is 1. The van der Waals surface area contributed by atoms with Crippen LogP contribution < -0.4 is 14.8 Å². The van der Waals surface area contributed by atoms with Crippen LogP contribution in [-0.4, -0.2) is 18.9 Å². The Hall–Kier alpha value is -2.64. The second-order valence-electron chi connectivity index (χ2n) is 9.80. The van der Waals surface area contributed by atoms with Crippen LogP contribution in [0.1, 0.15) is 53.6 Å². The lowest BCUT2D eigenvalue weighted by atomic mass is 9.72. The fourth-order valence-electron chi connectivity index (χ4n) is 4.51. The van der Waals surface area contributed by atoms with Crippen molar-refractivity contribution in [2.75, 3.05) is 12.1 Å². The van der Waals surface area contributed by atoms with Crippen molar-refractivity contribution in [2.24, 2.45) is 16.3 Å². The van der Waals surface area contributed by atoms with E-state index < -0.39 is 0 Å². The quantitative estimate of drug-likeness (QED) is 0.352. The molecule has 0 unspecified atom stereocenters. The van der Waals surface area contributed by atoms with Gasteiger partial charge < -0.3 is 14.8 Å². The predicted octanol–water partition coefficient (Wildman–Crippen LogP) is 7.39. The minimum Gasteiger partial charge on any atom is -0.454 e. The van der Waals surface area contributed by atoms with Gasteiger partial charge in [0.1, 0.15) is 5.00 Å². The molecule has 5 nitrogen and oxygen atoms in total. The number of benzene rings is 2. The number of para-hydroxylation sites is 1. The molecule has 1 atom stereocenters. The smallest absolute Gasteiger partial charge is 0.259 e. The number of fused-ring (bicyclic) bond motifs is 2. The van der Waals surface area contributed by atoms with E-state index >= 15 is 0 Å². The van der Waals surface area contributed by atoms with Crippen LogP contribution in [-0.2, 0) is 12.8 Å². The lowest BCUT2D eigenvalue weighted by Crippen LogP contribution is -2.27. The standard InChI is InChI=1S/C27H27BrN2O3S/c1-27(2,3)17-9-10-19-23(12-17)34-26(24(19)25(31)30-18-7-5-4-6-8-18)29-14-16-11-21-22(13-20(16)28)33-15-32-21/h4-8,11,13-14,17H,9-10,12,15H2,1-3H3,(H,30,31)/t17-/m0/s1. The molecule has 7 heteroatoms. The van der Waals surface area contributed by atoms with E-state index in [0.29, 0.717) is 23.0 Å². The first kappa shape index (κ1) is 23.1. The number of nitrogens with one attached hydrogen (secondary N) is 1. The van der Waals surface area contributed by atoms with Gasteiger partial charge in [0.15, 0.2) is 11.5 Å². The zero-order valence-corrected chi connectivity index (χ0v) is 21.9. The first-order chi connectivity index (χ1) is 16.3. The number of aliphatic imine (C=N–C) groups is 1. The average Bonchev–Trinajstić information content (AvgIpc) is 3.40. The molecule has 1 aromatic heterocycles. The molecule has 2 heterocycles. The van der Waals surface area contributed by atoms with Crippen LogP contribution >= 0.6 is 27.3 Å². The summed E-state index contributed by atoms with van der Waals surface area (Å²) in [7, 11) is 0. The summed E-state index contributed by atoms with van der Waals surface area (Å²) < 4.78 is 11.8. The number of amides is 1. The molecule has 0 saturated carbocycles. The van der Waals surface area contributed by atoms with Gasteiger partial charge in [0.05, 0.1) is 5.56 Å². The molecule has 0 fully saturated rings. The largest absolute Gasteiger partial charge is 0.454 e. The van der Waals surface area contributed by atoms with Crippen LogP contribution in [0.4, 0.5) is 10.7 Å². The fourth-order valence-corrected chi connectivity index (χ4v) is 6.20. The highest BCUT2D eigenvalue weighted by Crippen LogP contribution is 2.45. The van der Waals surface area contributed by atoms with Gasteiger partial charge in [0, 0.05) is 26.8 Å². The van der Waals surface area contributed by atoms with E-state index in [4.69, 9.17) is 14.5 Å². The molecule has 0 spiro atoms. The van der Waals surface area contributed by atoms with Crippen LogP contribution in [0.5, 0.6) is 11.5 Å². The Morgan fingerprint density at radius 1 is 1.18 bits per heavy atom. The second kappa shape index (κ2) is 9.19. The van der Waals surface area contributed by atoms with Gasteiger partial charge in [-0.05, 0) is 76.4 Å². The van der Waals surface area contributed by atoms with Gasteiger partial charge in [-0.15, -0.1) is 11.3 Å². The molecule has 2 aromatic carbocycles. The number of hydrogen-bond donors (Lipinski definition) is 1. The summed E-state index contributed by atoms with van der Waals surface area (Å²) in [6, 6.07) is 13.4. The van der Waals surface area contributed by atoms with Crippen LogP contribution in [0.3, 0.4) is 0 Å². The molecule has 3 aromatic rings. The van der Waals surface area contributed by atoms with Crippen molar-refractivity contribution < 1.29 is 14.3 Å². The number of hydrogen-bond acceptors (Lipinski definition) is 5. The van der Waals surface area contributed by atoms with Crippen LogP contribution in [0.15, 0.2) is 51.9 Å². The van der Waals surface area contributed by atoms with Gasteiger partial charge in [0.2, 0.25) is 6.79 Å². The van der Waals surface area contributed by atoms with Gasteiger partial charge in [0.25, 0.3) is 5.91 Å². The minimum atomic E-state index is -0.102. The zero-order chi connectivity index (χ0) is 23.9. The third-order valence-corrected chi connectivity index (χ3v) is 8.39. The molecular weight excluding hydrogens is 512 g/mol. The third kappa shape index (κ3) is 4.64. The van der Waals surface area contributed by atoms with Crippen molar-refractivity contribution in [3.8, 4) is 11.5 Å². The summed E-state index contributed by atoms with van der Waals surface area (Å²) in [5.41, 5.74) is 3.73. The highest BCUT2D eigenvalue weighted by atomic mass is 79.9. The van der Waals surface area contributed by atoms with E-state index in [0.717, 1.165) is 45.6 Å². The topological polar surface area (TPSA) is 59.9 Å². The summed E-state index contributed by atoms with van der Waals surface area (Å²) in [6.45, 7) is 7.12. The molecule has 0 bridgehead atoms. The summed E-state index contributed by atoms with van der Waals surface area (Å²) in [5, 5.41) is 3.82. The molecule has 176 valence electrons. The van der Waals surface area contributed by atoms with Gasteiger partial charge in [-0.1, -0.05) is 39.0 Å². The van der Waals surface area contributed by atoms with Crippen LogP contribution in [0, 0.1) is 11.3 Å². The first-order valence-corrected chi connectivity index (χ1v) is 13.0. The van der Waals surface area contributed by atoms with Gasteiger partial charge in [-0.2, -0.15) is 0 Å². The second-order valence-corrected chi connectivity index (χ2v) is 11.7. The van der Waals surface area contributed by atoms with Crippen LogP contribution in [0.25, 0.3) is 0 Å². The average molecular weight is 539 g/mol. The Balaban J connectivity index is 1.51. The Morgan fingerprint density at radius 2 is 1.91 bits per heavy atom. The minimum absolute atomic E-state index is 0.102. The Kier molecular flexibility index (Phi) is 6.25. The number of thiophene rings is 1. The third-order valence-electron chi connectivity index (χ3n) is 6.54. The number of nitrogens with zero attached hydrogens (tertiary/aromatic N) is 1. The van der Waals surface area contributed by atoms with Crippen molar-refractivity contribution in [1.82, 2.24) is 0 Å². The number of carbonyl (C=O) groups excluding carboxylic acids is 1. The molecule has 0 radical (unpaired) electrons. The number of anilines is 1. The van der Waals surface area contributed by atoms with Crippen molar-refractivity contribution in [3.63, 3.8) is 0 Å². The Bertz CT molecular complexity index is 1260. The maximum Gasteiger partial charge on any atom is 0.259 e. The first-order valence-electron chi connectivity index (χ1n) is 11.4. The van der Waals surface area contributed by atoms with E-state index in [1.54, 1.807) is 17.6 Å². The molecule has 34 heavy (non-hydrogen) atoms.